The average Bonchev–Trinajstić information content (AvgIpc) is 2.42. The van der Waals surface area contributed by atoms with Crippen molar-refractivity contribution in [3.05, 3.63) is 35.6 Å². The molecule has 2 rings (SSSR count). The van der Waals surface area contributed by atoms with Gasteiger partial charge in [0.1, 0.15) is 5.82 Å². The molecule has 0 radical (unpaired) electrons. The molecule has 1 fully saturated rings. The van der Waals surface area contributed by atoms with Crippen LogP contribution in [-0.2, 0) is 16.0 Å². The maximum absolute atomic E-state index is 12.8. The maximum atomic E-state index is 12.8. The topological polar surface area (TPSA) is 29.5 Å². The van der Waals surface area contributed by atoms with Crippen molar-refractivity contribution in [2.45, 2.75) is 25.8 Å². The molecule has 1 saturated heterocycles. The van der Waals surface area contributed by atoms with Gasteiger partial charge in [0.15, 0.2) is 5.78 Å². The number of hydrogen-bond donors (Lipinski definition) is 0. The Labute approximate surface area is 113 Å². The average molecular weight is 265 g/mol. The van der Waals surface area contributed by atoms with Gasteiger partial charge in [0.25, 0.3) is 0 Å². The zero-order chi connectivity index (χ0) is 13.9. The molecule has 0 aliphatic carbocycles. The van der Waals surface area contributed by atoms with Crippen molar-refractivity contribution < 1.29 is 13.9 Å². The third-order valence-electron chi connectivity index (χ3n) is 3.76. The molecule has 0 saturated carbocycles. The molecule has 0 aromatic heterocycles. The minimum Gasteiger partial charge on any atom is -0.379 e. The van der Waals surface area contributed by atoms with Crippen molar-refractivity contribution in [2.24, 2.45) is 0 Å². The molecule has 0 amide bonds. The summed E-state index contributed by atoms with van der Waals surface area (Å²) in [6, 6.07) is 6.12. The molecule has 4 heteroatoms. The minimum absolute atomic E-state index is 0.154. The molecule has 1 heterocycles. The third kappa shape index (κ3) is 3.39. The summed E-state index contributed by atoms with van der Waals surface area (Å²) in [6.07, 6.45) is 0.338. The van der Waals surface area contributed by atoms with Gasteiger partial charge < -0.3 is 4.74 Å². The summed E-state index contributed by atoms with van der Waals surface area (Å²) in [7, 11) is 0. The molecule has 1 aliphatic rings. The van der Waals surface area contributed by atoms with E-state index in [1.165, 1.54) is 12.1 Å². The maximum Gasteiger partial charge on any atom is 0.156 e. The monoisotopic (exact) mass is 265 g/mol. The van der Waals surface area contributed by atoms with Crippen LogP contribution in [0.25, 0.3) is 0 Å². The van der Waals surface area contributed by atoms with Gasteiger partial charge in [0.05, 0.1) is 18.8 Å². The number of carbonyl (C=O) groups excluding carboxylic acids is 1. The van der Waals surface area contributed by atoms with Gasteiger partial charge in [-0.25, -0.2) is 4.39 Å². The molecule has 0 N–H and O–H groups in total. The van der Waals surface area contributed by atoms with Gasteiger partial charge >= 0.3 is 0 Å². The fourth-order valence-electron chi connectivity index (χ4n) is 2.30. The Hall–Kier alpha value is -1.26. The number of halogens is 1. The van der Waals surface area contributed by atoms with E-state index in [1.54, 1.807) is 12.1 Å². The Morgan fingerprint density at radius 1 is 1.26 bits per heavy atom. The smallest absolute Gasteiger partial charge is 0.156 e. The van der Waals surface area contributed by atoms with Crippen molar-refractivity contribution in [1.29, 1.82) is 0 Å². The molecular formula is C15H20FNO2. The highest BCUT2D eigenvalue weighted by Crippen LogP contribution is 2.19. The van der Waals surface area contributed by atoms with E-state index in [0.717, 1.165) is 18.7 Å². The van der Waals surface area contributed by atoms with E-state index in [2.05, 4.69) is 4.90 Å². The minimum atomic E-state index is -0.502. The molecule has 0 bridgehead atoms. The Morgan fingerprint density at radius 3 is 2.42 bits per heavy atom. The number of ketones is 1. The number of Topliss-reactive ketones (excluding diaryl/α,β-unsaturated/α-hetero) is 1. The highest BCUT2D eigenvalue weighted by atomic mass is 19.1. The lowest BCUT2D eigenvalue weighted by molar-refractivity contribution is -0.131. The van der Waals surface area contributed by atoms with E-state index in [-0.39, 0.29) is 11.6 Å². The predicted molar refractivity (Wildman–Crippen MR) is 71.6 cm³/mol. The summed E-state index contributed by atoms with van der Waals surface area (Å²) in [5, 5.41) is 0. The van der Waals surface area contributed by atoms with E-state index in [4.69, 9.17) is 4.74 Å². The van der Waals surface area contributed by atoms with E-state index in [1.807, 2.05) is 13.8 Å². The van der Waals surface area contributed by atoms with Crippen LogP contribution in [0.1, 0.15) is 19.4 Å². The predicted octanol–water partition coefficient (Wildman–Crippen LogP) is 2.05. The van der Waals surface area contributed by atoms with Gasteiger partial charge in [-0.3, -0.25) is 9.69 Å². The van der Waals surface area contributed by atoms with Crippen molar-refractivity contribution in [2.75, 3.05) is 26.3 Å². The molecule has 0 unspecified atom stereocenters. The first-order valence-electron chi connectivity index (χ1n) is 6.60. The number of hydrogen-bond acceptors (Lipinski definition) is 3. The molecular weight excluding hydrogens is 245 g/mol. The molecule has 19 heavy (non-hydrogen) atoms. The first-order chi connectivity index (χ1) is 9.00. The molecule has 104 valence electrons. The fourth-order valence-corrected chi connectivity index (χ4v) is 2.30. The summed E-state index contributed by atoms with van der Waals surface area (Å²) in [6.45, 7) is 6.80. The lowest BCUT2D eigenvalue weighted by atomic mass is 9.91. The van der Waals surface area contributed by atoms with Crippen LogP contribution in [0.4, 0.5) is 4.39 Å². The van der Waals surface area contributed by atoms with Gasteiger partial charge in [-0.1, -0.05) is 12.1 Å². The van der Waals surface area contributed by atoms with E-state index in [0.29, 0.717) is 19.6 Å². The second kappa shape index (κ2) is 5.80. The van der Waals surface area contributed by atoms with E-state index in [9.17, 15) is 9.18 Å². The molecule has 3 nitrogen and oxygen atoms in total. The number of carbonyl (C=O) groups is 1. The van der Waals surface area contributed by atoms with Crippen LogP contribution in [0.3, 0.4) is 0 Å². The second-order valence-corrected chi connectivity index (χ2v) is 5.38. The van der Waals surface area contributed by atoms with Crippen molar-refractivity contribution in [3.8, 4) is 0 Å². The highest BCUT2D eigenvalue weighted by Gasteiger charge is 2.34. The zero-order valence-electron chi connectivity index (χ0n) is 11.5. The largest absolute Gasteiger partial charge is 0.379 e. The molecule has 0 atom stereocenters. The number of ether oxygens (including phenoxy) is 1. The third-order valence-corrected chi connectivity index (χ3v) is 3.76. The molecule has 1 aromatic carbocycles. The first-order valence-corrected chi connectivity index (χ1v) is 6.60. The van der Waals surface area contributed by atoms with Crippen molar-refractivity contribution in [1.82, 2.24) is 4.90 Å². The lowest BCUT2D eigenvalue weighted by Gasteiger charge is -2.39. The Balaban J connectivity index is 2.03. The second-order valence-electron chi connectivity index (χ2n) is 5.38. The van der Waals surface area contributed by atoms with Crippen LogP contribution < -0.4 is 0 Å². The van der Waals surface area contributed by atoms with E-state index >= 15 is 0 Å². The van der Waals surface area contributed by atoms with Gasteiger partial charge in [0, 0.05) is 19.5 Å². The van der Waals surface area contributed by atoms with Gasteiger partial charge in [-0.15, -0.1) is 0 Å². The molecule has 1 aliphatic heterocycles. The zero-order valence-corrected chi connectivity index (χ0v) is 11.5. The number of rotatable bonds is 4. The normalized spacial score (nSPS) is 17.4. The number of morpholine rings is 1. The Bertz CT molecular complexity index is 436. The summed E-state index contributed by atoms with van der Waals surface area (Å²) in [4.78, 5) is 14.6. The van der Waals surface area contributed by atoms with Crippen molar-refractivity contribution in [3.63, 3.8) is 0 Å². The summed E-state index contributed by atoms with van der Waals surface area (Å²) in [5.41, 5.74) is 0.353. The van der Waals surface area contributed by atoms with Crippen LogP contribution in [0.15, 0.2) is 24.3 Å². The Kier molecular flexibility index (Phi) is 4.32. The SMILES string of the molecule is CC(C)(C(=O)Cc1ccc(F)cc1)N1CCOCC1. The van der Waals surface area contributed by atoms with Gasteiger partial charge in [-0.2, -0.15) is 0 Å². The molecule has 1 aromatic rings. The van der Waals surface area contributed by atoms with Gasteiger partial charge in [-0.05, 0) is 31.5 Å². The fraction of sp³-hybridized carbons (Fsp3) is 0.533. The summed E-state index contributed by atoms with van der Waals surface area (Å²) in [5.74, 6) is -0.121. The van der Waals surface area contributed by atoms with Crippen LogP contribution in [-0.4, -0.2) is 42.5 Å². The van der Waals surface area contributed by atoms with E-state index < -0.39 is 5.54 Å². The number of nitrogens with zero attached hydrogens (tertiary/aromatic N) is 1. The quantitative estimate of drug-likeness (QED) is 0.834. The standard InChI is InChI=1S/C15H20FNO2/c1-15(2,17-7-9-19-10-8-17)14(18)11-12-3-5-13(16)6-4-12/h3-6H,7-11H2,1-2H3. The van der Waals surface area contributed by atoms with Crippen LogP contribution >= 0.6 is 0 Å². The van der Waals surface area contributed by atoms with Crippen LogP contribution in [0.2, 0.25) is 0 Å². The first kappa shape index (κ1) is 14.2. The summed E-state index contributed by atoms with van der Waals surface area (Å²) < 4.78 is 18.2. The summed E-state index contributed by atoms with van der Waals surface area (Å²) >= 11 is 0. The van der Waals surface area contributed by atoms with Gasteiger partial charge in [0.2, 0.25) is 0 Å². The van der Waals surface area contributed by atoms with Crippen LogP contribution in [0, 0.1) is 5.82 Å². The Morgan fingerprint density at radius 2 is 1.84 bits per heavy atom. The van der Waals surface area contributed by atoms with Crippen molar-refractivity contribution >= 4 is 5.78 Å². The number of benzene rings is 1. The molecule has 0 spiro atoms. The van der Waals surface area contributed by atoms with Crippen LogP contribution in [0.5, 0.6) is 0 Å². The lowest BCUT2D eigenvalue weighted by Crippen LogP contribution is -2.54. The highest BCUT2D eigenvalue weighted by molar-refractivity contribution is 5.89.